The van der Waals surface area contributed by atoms with Gasteiger partial charge in [0.15, 0.2) is 0 Å². The van der Waals surface area contributed by atoms with Crippen LogP contribution in [0.4, 0.5) is 0 Å². The molecule has 0 aromatic carbocycles. The lowest BCUT2D eigenvalue weighted by molar-refractivity contribution is 0.524. The van der Waals surface area contributed by atoms with E-state index in [0.717, 1.165) is 0 Å². The van der Waals surface area contributed by atoms with Crippen molar-refractivity contribution in [3.05, 3.63) is 6.42 Å². The third kappa shape index (κ3) is 28.0. The van der Waals surface area contributed by atoms with Gasteiger partial charge in [0.25, 0.3) is 0 Å². The third-order valence-electron chi connectivity index (χ3n) is 6.52. The van der Waals surface area contributed by atoms with Gasteiger partial charge < -0.3 is 0 Å². The van der Waals surface area contributed by atoms with Crippen LogP contribution in [0.3, 0.4) is 0 Å². The first-order valence-electron chi connectivity index (χ1n) is 14.2. The van der Waals surface area contributed by atoms with Gasteiger partial charge in [0.1, 0.15) is 0 Å². The molecular formula is C29H59. The van der Waals surface area contributed by atoms with E-state index in [2.05, 4.69) is 20.3 Å². The molecule has 175 valence electrons. The summed E-state index contributed by atoms with van der Waals surface area (Å²) in [5.74, 6) is 0. The van der Waals surface area contributed by atoms with Crippen LogP contribution >= 0.6 is 0 Å². The van der Waals surface area contributed by atoms with E-state index in [1.807, 2.05) is 0 Å². The normalized spacial score (nSPS) is 11.4. The van der Waals surface area contributed by atoms with E-state index in [0.29, 0.717) is 0 Å². The molecule has 0 N–H and O–H groups in total. The van der Waals surface area contributed by atoms with E-state index in [-0.39, 0.29) is 0 Å². The van der Waals surface area contributed by atoms with Crippen LogP contribution in [0.5, 0.6) is 0 Å². The zero-order valence-corrected chi connectivity index (χ0v) is 21.0. The summed E-state index contributed by atoms with van der Waals surface area (Å²) in [6.45, 7) is 4.60. The van der Waals surface area contributed by atoms with Gasteiger partial charge in [-0.15, -0.1) is 0 Å². The molecule has 0 aliphatic rings. The zero-order chi connectivity index (χ0) is 21.1. The molecule has 0 aromatic heterocycles. The summed E-state index contributed by atoms with van der Waals surface area (Å²) >= 11 is 0. The molecule has 0 saturated carbocycles. The molecule has 0 aliphatic heterocycles. The smallest absolute Gasteiger partial charge is 0.0386 e. The zero-order valence-electron chi connectivity index (χ0n) is 21.0. The monoisotopic (exact) mass is 407 g/mol. The van der Waals surface area contributed by atoms with Gasteiger partial charge in [-0.05, 0) is 6.42 Å². The van der Waals surface area contributed by atoms with E-state index in [1.54, 1.807) is 0 Å². The van der Waals surface area contributed by atoms with Gasteiger partial charge >= 0.3 is 0 Å². The quantitative estimate of drug-likeness (QED) is 0.125. The van der Waals surface area contributed by atoms with Gasteiger partial charge in [-0.1, -0.05) is 181 Å². The van der Waals surface area contributed by atoms with Crippen molar-refractivity contribution in [2.75, 3.05) is 0 Å². The molecule has 0 unspecified atom stereocenters. The highest BCUT2D eigenvalue weighted by molar-refractivity contribution is 4.64. The van der Waals surface area contributed by atoms with Crippen molar-refractivity contribution in [1.29, 1.82) is 0 Å². The Morgan fingerprint density at radius 1 is 0.276 bits per heavy atom. The summed E-state index contributed by atoms with van der Waals surface area (Å²) in [5, 5.41) is 0. The molecule has 0 bridgehead atoms. The van der Waals surface area contributed by atoms with Gasteiger partial charge in [-0.25, -0.2) is 0 Å². The van der Waals surface area contributed by atoms with Crippen molar-refractivity contribution >= 4 is 0 Å². The lowest BCUT2D eigenvalue weighted by Gasteiger charge is -2.04. The maximum Gasteiger partial charge on any atom is -0.0386 e. The summed E-state index contributed by atoms with van der Waals surface area (Å²) in [5.41, 5.74) is 0. The van der Waals surface area contributed by atoms with Gasteiger partial charge in [-0.3, -0.25) is 0 Å². The van der Waals surface area contributed by atoms with Crippen LogP contribution in [-0.4, -0.2) is 0 Å². The Labute approximate surface area is 187 Å². The van der Waals surface area contributed by atoms with E-state index in [9.17, 15) is 0 Å². The Morgan fingerprint density at radius 3 is 0.724 bits per heavy atom. The summed E-state index contributed by atoms with van der Waals surface area (Å²) in [7, 11) is 0. The standard InChI is InChI=1S/C29H59/c1-3-5-7-9-11-13-15-17-19-21-23-25-27-29-28-26-24-22-20-18-16-14-12-10-8-6-4-2/h17H,3-16,18-29H2,1-2H3. The molecule has 0 heteroatoms. The first kappa shape index (κ1) is 29.0. The second kappa shape index (κ2) is 28.0. The first-order valence-corrected chi connectivity index (χ1v) is 14.2. The fourth-order valence-electron chi connectivity index (χ4n) is 4.40. The second-order valence-electron chi connectivity index (χ2n) is 9.64. The molecule has 29 heavy (non-hydrogen) atoms. The minimum absolute atomic E-state index is 1.37. The molecule has 0 amide bonds. The Kier molecular flexibility index (Phi) is 28.0. The van der Waals surface area contributed by atoms with Gasteiger partial charge in [-0.2, -0.15) is 0 Å². The van der Waals surface area contributed by atoms with Crippen molar-refractivity contribution in [3.8, 4) is 0 Å². The third-order valence-corrected chi connectivity index (χ3v) is 6.52. The number of unbranched alkanes of at least 4 members (excludes halogenated alkanes) is 26. The molecule has 0 atom stereocenters. The highest BCUT2D eigenvalue weighted by atomic mass is 14.0. The summed E-state index contributed by atoms with van der Waals surface area (Å²) in [6, 6.07) is 0. The van der Waals surface area contributed by atoms with Crippen LogP contribution in [0, 0.1) is 6.42 Å². The van der Waals surface area contributed by atoms with E-state index >= 15 is 0 Å². The van der Waals surface area contributed by atoms with Crippen LogP contribution in [0.25, 0.3) is 0 Å². The minimum Gasteiger partial charge on any atom is -0.0654 e. The highest BCUT2D eigenvalue weighted by Gasteiger charge is 1.96. The average molecular weight is 408 g/mol. The Bertz CT molecular complexity index is 231. The van der Waals surface area contributed by atoms with Crippen LogP contribution in [0.2, 0.25) is 0 Å². The van der Waals surface area contributed by atoms with Crippen molar-refractivity contribution in [2.24, 2.45) is 0 Å². The van der Waals surface area contributed by atoms with Gasteiger partial charge in [0.05, 0.1) is 0 Å². The second-order valence-corrected chi connectivity index (χ2v) is 9.64. The maximum atomic E-state index is 2.56. The van der Waals surface area contributed by atoms with Crippen molar-refractivity contribution in [3.63, 3.8) is 0 Å². The van der Waals surface area contributed by atoms with Crippen LogP contribution in [0.15, 0.2) is 0 Å². The lowest BCUT2D eigenvalue weighted by atomic mass is 10.0. The fraction of sp³-hybridized carbons (Fsp3) is 0.966. The Balaban J connectivity index is 2.97. The largest absolute Gasteiger partial charge is 0.0654 e. The van der Waals surface area contributed by atoms with Gasteiger partial charge in [0, 0.05) is 0 Å². The highest BCUT2D eigenvalue weighted by Crippen LogP contribution is 2.15. The topological polar surface area (TPSA) is 0 Å². The first-order chi connectivity index (χ1) is 14.4. The summed E-state index contributed by atoms with van der Waals surface area (Å²) in [4.78, 5) is 0. The summed E-state index contributed by atoms with van der Waals surface area (Å²) < 4.78 is 0. The Hall–Kier alpha value is 0. The molecule has 0 rings (SSSR count). The summed E-state index contributed by atoms with van der Waals surface area (Å²) in [6.07, 6.45) is 40.4. The lowest BCUT2D eigenvalue weighted by Crippen LogP contribution is -1.85. The van der Waals surface area contributed by atoms with Crippen molar-refractivity contribution in [2.45, 2.75) is 181 Å². The van der Waals surface area contributed by atoms with Crippen LogP contribution < -0.4 is 0 Å². The SMILES string of the molecule is CCCCCCCC[CH]CCCCCCCCCCCCCCCCCCCC. The predicted molar refractivity (Wildman–Crippen MR) is 136 cm³/mol. The molecule has 0 fully saturated rings. The average Bonchev–Trinajstić information content (AvgIpc) is 2.74. The van der Waals surface area contributed by atoms with E-state index in [4.69, 9.17) is 0 Å². The number of hydrogen-bond donors (Lipinski definition) is 0. The van der Waals surface area contributed by atoms with Crippen LogP contribution in [0.1, 0.15) is 181 Å². The molecule has 1 radical (unpaired) electrons. The molecule has 0 aromatic rings. The fourth-order valence-corrected chi connectivity index (χ4v) is 4.40. The predicted octanol–water partition coefficient (Wildman–Crippen LogP) is 11.4. The van der Waals surface area contributed by atoms with E-state index < -0.39 is 0 Å². The maximum absolute atomic E-state index is 2.56. The molecule has 0 saturated heterocycles. The Morgan fingerprint density at radius 2 is 0.483 bits per heavy atom. The van der Waals surface area contributed by atoms with E-state index in [1.165, 1.54) is 167 Å². The molecular weight excluding hydrogens is 348 g/mol. The van der Waals surface area contributed by atoms with Crippen LogP contribution in [-0.2, 0) is 0 Å². The molecule has 0 nitrogen and oxygen atoms in total. The number of hydrogen-bond acceptors (Lipinski definition) is 0. The molecule has 0 aliphatic carbocycles. The van der Waals surface area contributed by atoms with Crippen molar-refractivity contribution < 1.29 is 0 Å². The minimum atomic E-state index is 1.37. The molecule has 0 spiro atoms. The number of rotatable bonds is 26. The van der Waals surface area contributed by atoms with Crippen molar-refractivity contribution in [1.82, 2.24) is 0 Å². The molecule has 0 heterocycles. The van der Waals surface area contributed by atoms with Gasteiger partial charge in [0.2, 0.25) is 0 Å².